The van der Waals surface area contributed by atoms with E-state index >= 15 is 0 Å². The van der Waals surface area contributed by atoms with Crippen LogP contribution in [0.25, 0.3) is 0 Å². The molecule has 0 aliphatic carbocycles. The molecule has 0 fully saturated rings. The van der Waals surface area contributed by atoms with E-state index in [-0.39, 0.29) is 12.4 Å². The number of ketones is 1. The standard InChI is InChI=1S/C18H22O3/c1-17(2,3)16(20)18(4,5)13-21-15(19)12-11-14-9-7-6-8-10-14/h6-10H,13H2,1-5H3. The number of ether oxygens (including phenoxy) is 1. The fourth-order valence-electron chi connectivity index (χ4n) is 2.01. The fraction of sp³-hybridized carbons (Fsp3) is 0.444. The topological polar surface area (TPSA) is 43.4 Å². The van der Waals surface area contributed by atoms with Gasteiger partial charge in [-0.1, -0.05) is 44.9 Å². The molecular weight excluding hydrogens is 264 g/mol. The Hall–Kier alpha value is -2.08. The summed E-state index contributed by atoms with van der Waals surface area (Å²) >= 11 is 0. The summed E-state index contributed by atoms with van der Waals surface area (Å²) in [5, 5.41) is 0. The van der Waals surface area contributed by atoms with Crippen molar-refractivity contribution in [1.82, 2.24) is 0 Å². The maximum absolute atomic E-state index is 12.3. The third kappa shape index (κ3) is 5.43. The van der Waals surface area contributed by atoms with Crippen LogP contribution in [0, 0.1) is 22.7 Å². The number of hydrogen-bond acceptors (Lipinski definition) is 3. The van der Waals surface area contributed by atoms with Crippen LogP contribution in [0.4, 0.5) is 0 Å². The molecule has 3 nitrogen and oxygen atoms in total. The average Bonchev–Trinajstić information content (AvgIpc) is 2.42. The van der Waals surface area contributed by atoms with Gasteiger partial charge in [-0.2, -0.15) is 0 Å². The zero-order chi connectivity index (χ0) is 16.1. The summed E-state index contributed by atoms with van der Waals surface area (Å²) in [5.41, 5.74) is -0.437. The largest absolute Gasteiger partial charge is 0.455 e. The van der Waals surface area contributed by atoms with E-state index in [2.05, 4.69) is 11.8 Å². The molecule has 21 heavy (non-hydrogen) atoms. The first-order valence-electron chi connectivity index (χ1n) is 6.92. The van der Waals surface area contributed by atoms with Crippen LogP contribution >= 0.6 is 0 Å². The lowest BCUT2D eigenvalue weighted by atomic mass is 9.75. The van der Waals surface area contributed by atoms with E-state index in [0.29, 0.717) is 0 Å². The highest BCUT2D eigenvalue weighted by molar-refractivity contribution is 5.91. The smallest absolute Gasteiger partial charge is 0.384 e. The normalized spacial score (nSPS) is 11.3. The molecule has 0 aliphatic heterocycles. The Balaban J connectivity index is 2.61. The third-order valence-electron chi connectivity index (χ3n) is 2.94. The molecule has 0 aromatic heterocycles. The molecule has 0 saturated carbocycles. The van der Waals surface area contributed by atoms with Gasteiger partial charge in [0.15, 0.2) is 0 Å². The van der Waals surface area contributed by atoms with Gasteiger partial charge in [0.05, 0.1) is 5.41 Å². The molecule has 0 amide bonds. The van der Waals surface area contributed by atoms with E-state index in [1.165, 1.54) is 0 Å². The van der Waals surface area contributed by atoms with Gasteiger partial charge in [0.25, 0.3) is 0 Å². The predicted molar refractivity (Wildman–Crippen MR) is 82.5 cm³/mol. The molecule has 0 saturated heterocycles. The van der Waals surface area contributed by atoms with Gasteiger partial charge >= 0.3 is 5.97 Å². The predicted octanol–water partition coefficient (Wildman–Crippen LogP) is 3.22. The number of Topliss-reactive ketones (excluding diaryl/α,β-unsaturated/α-hetero) is 1. The van der Waals surface area contributed by atoms with E-state index in [1.54, 1.807) is 13.8 Å². The highest BCUT2D eigenvalue weighted by atomic mass is 16.5. The minimum absolute atomic E-state index is 0.0331. The molecule has 0 heterocycles. The molecule has 1 aromatic carbocycles. The minimum atomic E-state index is -0.720. The monoisotopic (exact) mass is 286 g/mol. The van der Waals surface area contributed by atoms with Gasteiger partial charge in [-0.3, -0.25) is 4.79 Å². The van der Waals surface area contributed by atoms with Gasteiger partial charge in [-0.15, -0.1) is 0 Å². The van der Waals surface area contributed by atoms with Crippen molar-refractivity contribution in [2.45, 2.75) is 34.6 Å². The minimum Gasteiger partial charge on any atom is -0.455 e. The Labute approximate surface area is 126 Å². The third-order valence-corrected chi connectivity index (χ3v) is 2.94. The Morgan fingerprint density at radius 3 is 2.14 bits per heavy atom. The maximum atomic E-state index is 12.3. The van der Waals surface area contributed by atoms with Gasteiger partial charge in [0, 0.05) is 16.9 Å². The lowest BCUT2D eigenvalue weighted by molar-refractivity contribution is -0.146. The van der Waals surface area contributed by atoms with Crippen molar-refractivity contribution in [3.63, 3.8) is 0 Å². The van der Waals surface area contributed by atoms with Crippen LogP contribution in [0.1, 0.15) is 40.2 Å². The lowest BCUT2D eigenvalue weighted by Gasteiger charge is -2.29. The first-order valence-corrected chi connectivity index (χ1v) is 6.92. The zero-order valence-electron chi connectivity index (χ0n) is 13.3. The number of rotatable bonds is 3. The molecule has 1 rings (SSSR count). The first-order chi connectivity index (χ1) is 9.63. The second-order valence-electron chi connectivity index (χ2n) is 6.66. The number of carbonyl (C=O) groups excluding carboxylic acids is 2. The zero-order valence-corrected chi connectivity index (χ0v) is 13.3. The number of esters is 1. The van der Waals surface area contributed by atoms with Gasteiger partial charge in [0.1, 0.15) is 12.4 Å². The summed E-state index contributed by atoms with van der Waals surface area (Å²) < 4.78 is 5.11. The Morgan fingerprint density at radius 2 is 1.62 bits per heavy atom. The molecule has 1 aromatic rings. The number of hydrogen-bond donors (Lipinski definition) is 0. The van der Waals surface area contributed by atoms with E-state index in [4.69, 9.17) is 4.74 Å². The van der Waals surface area contributed by atoms with Crippen LogP contribution in [0.15, 0.2) is 30.3 Å². The first kappa shape index (κ1) is 17.0. The molecule has 112 valence electrons. The Kier molecular flexibility index (Phi) is 5.32. The van der Waals surface area contributed by atoms with Crippen LogP contribution in [-0.2, 0) is 14.3 Å². The van der Waals surface area contributed by atoms with E-state index in [9.17, 15) is 9.59 Å². The maximum Gasteiger partial charge on any atom is 0.384 e. The quantitative estimate of drug-likeness (QED) is 0.633. The summed E-state index contributed by atoms with van der Waals surface area (Å²) in [6.45, 7) is 9.15. The summed E-state index contributed by atoms with van der Waals surface area (Å²) in [6, 6.07) is 9.20. The van der Waals surface area contributed by atoms with Crippen molar-refractivity contribution >= 4 is 11.8 Å². The van der Waals surface area contributed by atoms with Gasteiger partial charge in [-0.05, 0) is 26.0 Å². The lowest BCUT2D eigenvalue weighted by Crippen LogP contribution is -2.38. The van der Waals surface area contributed by atoms with E-state index in [0.717, 1.165) is 5.56 Å². The summed E-state index contributed by atoms with van der Waals surface area (Å²) in [6.07, 6.45) is 0. The van der Waals surface area contributed by atoms with Gasteiger partial charge in [0.2, 0.25) is 0 Å². The summed E-state index contributed by atoms with van der Waals surface area (Å²) in [4.78, 5) is 23.9. The SMILES string of the molecule is CC(C)(C)C(=O)C(C)(C)COC(=O)C#Cc1ccccc1. The molecule has 0 atom stereocenters. The van der Waals surface area contributed by atoms with Gasteiger partial charge in [-0.25, -0.2) is 4.79 Å². The molecule has 3 heteroatoms. The molecule has 0 unspecified atom stereocenters. The van der Waals surface area contributed by atoms with E-state index < -0.39 is 16.8 Å². The Morgan fingerprint density at radius 1 is 1.05 bits per heavy atom. The van der Waals surface area contributed by atoms with Crippen molar-refractivity contribution in [1.29, 1.82) is 0 Å². The van der Waals surface area contributed by atoms with Crippen LogP contribution < -0.4 is 0 Å². The molecule has 0 radical (unpaired) electrons. The van der Waals surface area contributed by atoms with E-state index in [1.807, 2.05) is 51.1 Å². The molecule has 0 aliphatic rings. The van der Waals surface area contributed by atoms with Crippen molar-refractivity contribution in [3.8, 4) is 11.8 Å². The van der Waals surface area contributed by atoms with Crippen molar-refractivity contribution < 1.29 is 14.3 Å². The molecular formula is C18H22O3. The number of carbonyl (C=O) groups is 2. The number of benzene rings is 1. The second kappa shape index (κ2) is 6.58. The fourth-order valence-corrected chi connectivity index (χ4v) is 2.01. The van der Waals surface area contributed by atoms with Crippen molar-refractivity contribution in [3.05, 3.63) is 35.9 Å². The molecule has 0 spiro atoms. The van der Waals surface area contributed by atoms with Crippen LogP contribution in [0.5, 0.6) is 0 Å². The molecule has 0 bridgehead atoms. The van der Waals surface area contributed by atoms with Crippen molar-refractivity contribution in [2.75, 3.05) is 6.61 Å². The van der Waals surface area contributed by atoms with Crippen LogP contribution in [0.2, 0.25) is 0 Å². The second-order valence-corrected chi connectivity index (χ2v) is 6.66. The van der Waals surface area contributed by atoms with Crippen LogP contribution in [0.3, 0.4) is 0 Å². The average molecular weight is 286 g/mol. The highest BCUT2D eigenvalue weighted by Crippen LogP contribution is 2.29. The van der Waals surface area contributed by atoms with Crippen molar-refractivity contribution in [2.24, 2.45) is 10.8 Å². The van der Waals surface area contributed by atoms with Crippen LogP contribution in [-0.4, -0.2) is 18.4 Å². The highest BCUT2D eigenvalue weighted by Gasteiger charge is 2.36. The summed E-state index contributed by atoms with van der Waals surface area (Å²) in [5.74, 6) is 4.59. The summed E-state index contributed by atoms with van der Waals surface area (Å²) in [7, 11) is 0. The van der Waals surface area contributed by atoms with Gasteiger partial charge < -0.3 is 4.74 Å². The molecule has 0 N–H and O–H groups in total. The Bertz CT molecular complexity index is 566.